The molecule has 1 fully saturated rings. The smallest absolute Gasteiger partial charge is 0.410 e. The number of carbonyl (C=O) groups is 1. The first-order valence-corrected chi connectivity index (χ1v) is 11.6. The van der Waals surface area contributed by atoms with Gasteiger partial charge in [-0.25, -0.2) is 14.3 Å². The number of aromatic nitrogens is 6. The first-order valence-electron chi connectivity index (χ1n) is 11.2. The molecule has 1 N–H and O–H groups in total. The lowest BCUT2D eigenvalue weighted by molar-refractivity contribution is 0.0203. The predicted octanol–water partition coefficient (Wildman–Crippen LogP) is 3.90. The van der Waals surface area contributed by atoms with Crippen LogP contribution in [0.15, 0.2) is 39.9 Å². The topological polar surface area (TPSA) is 132 Å². The number of aromatic amines is 1. The summed E-state index contributed by atoms with van der Waals surface area (Å²) >= 11 is 6.15. The molecule has 0 bridgehead atoms. The fourth-order valence-electron chi connectivity index (χ4n) is 4.14. The van der Waals surface area contributed by atoms with Gasteiger partial charge >= 0.3 is 6.09 Å². The van der Waals surface area contributed by atoms with Gasteiger partial charge in [0.25, 0.3) is 11.4 Å². The molecule has 0 spiro atoms. The number of halogens is 1. The number of hydrogen-bond donors (Lipinski definition) is 1. The summed E-state index contributed by atoms with van der Waals surface area (Å²) in [7, 11) is 0. The van der Waals surface area contributed by atoms with E-state index < -0.39 is 5.60 Å². The van der Waals surface area contributed by atoms with Gasteiger partial charge in [-0.15, -0.1) is 0 Å². The second-order valence-corrected chi connectivity index (χ2v) is 9.74. The van der Waals surface area contributed by atoms with Crippen molar-refractivity contribution in [3.63, 3.8) is 0 Å². The highest BCUT2D eigenvalue weighted by molar-refractivity contribution is 6.31. The van der Waals surface area contributed by atoms with E-state index in [9.17, 15) is 9.59 Å². The quantitative estimate of drug-likeness (QED) is 0.421. The second kappa shape index (κ2) is 8.81. The molecule has 1 amide bonds. The maximum Gasteiger partial charge on any atom is 0.410 e. The van der Waals surface area contributed by atoms with Crippen molar-refractivity contribution in [3.8, 4) is 22.8 Å². The van der Waals surface area contributed by atoms with Crippen LogP contribution in [0.3, 0.4) is 0 Å². The minimum atomic E-state index is -0.546. The molecule has 1 aliphatic rings. The van der Waals surface area contributed by atoms with Crippen LogP contribution in [0.1, 0.15) is 45.2 Å². The lowest BCUT2D eigenvalue weighted by Crippen LogP contribution is -2.41. The lowest BCUT2D eigenvalue weighted by Gasteiger charge is -2.33. The molecule has 0 radical (unpaired) electrons. The molecule has 1 saturated heterocycles. The highest BCUT2D eigenvalue weighted by Crippen LogP contribution is 2.31. The molecule has 4 aromatic heterocycles. The zero-order valence-electron chi connectivity index (χ0n) is 19.5. The predicted molar refractivity (Wildman–Crippen MR) is 127 cm³/mol. The SMILES string of the molecule is CC(C)(C)OC(=O)N1CCC(c2cc(=O)[nH]c3c(-c4nc(-c5cccnc5Cl)no4)cnn23)CC1. The van der Waals surface area contributed by atoms with Gasteiger partial charge in [0.1, 0.15) is 22.0 Å². The molecule has 12 heteroatoms. The molecular weight excluding hydrogens is 474 g/mol. The Morgan fingerprint density at radius 1 is 1.26 bits per heavy atom. The summed E-state index contributed by atoms with van der Waals surface area (Å²) in [5.74, 6) is 0.520. The van der Waals surface area contributed by atoms with Crippen LogP contribution in [0.5, 0.6) is 0 Å². The minimum Gasteiger partial charge on any atom is -0.444 e. The van der Waals surface area contributed by atoms with Crippen LogP contribution < -0.4 is 5.56 Å². The number of carbonyl (C=O) groups excluding carboxylic acids is 1. The van der Waals surface area contributed by atoms with E-state index in [1.165, 1.54) is 0 Å². The summed E-state index contributed by atoms with van der Waals surface area (Å²) in [5.41, 5.74) is 1.43. The van der Waals surface area contributed by atoms with Crippen molar-refractivity contribution < 1.29 is 14.1 Å². The van der Waals surface area contributed by atoms with Crippen molar-refractivity contribution in [2.45, 2.75) is 45.1 Å². The maximum atomic E-state index is 12.6. The van der Waals surface area contributed by atoms with E-state index in [2.05, 4.69) is 25.2 Å². The number of amides is 1. The van der Waals surface area contributed by atoms with Crippen molar-refractivity contribution in [2.75, 3.05) is 13.1 Å². The Labute approximate surface area is 205 Å². The molecule has 0 atom stereocenters. The van der Waals surface area contributed by atoms with Crippen molar-refractivity contribution in [1.29, 1.82) is 0 Å². The minimum absolute atomic E-state index is 0.0404. The van der Waals surface area contributed by atoms with Crippen LogP contribution in [0.4, 0.5) is 4.79 Å². The standard InChI is InChI=1S/C23H24ClN7O4/c1-23(2,3)34-22(33)30-9-6-13(7-10-30)16-11-17(32)27-20-15(12-26-31(16)20)21-28-19(29-35-21)14-5-4-8-25-18(14)24/h4-5,8,11-13H,6-7,9-10H2,1-3H3,(H,27,32). The average molecular weight is 498 g/mol. The van der Waals surface area contributed by atoms with Gasteiger partial charge in [-0.2, -0.15) is 10.1 Å². The number of piperidine rings is 1. The third-order valence-electron chi connectivity index (χ3n) is 5.76. The highest BCUT2D eigenvalue weighted by Gasteiger charge is 2.29. The van der Waals surface area contributed by atoms with Crippen LogP contribution in [-0.4, -0.2) is 59.4 Å². The Morgan fingerprint density at radius 2 is 2.03 bits per heavy atom. The lowest BCUT2D eigenvalue weighted by atomic mass is 9.93. The molecule has 1 aliphatic heterocycles. The van der Waals surface area contributed by atoms with E-state index in [0.29, 0.717) is 42.7 Å². The molecule has 11 nitrogen and oxygen atoms in total. The van der Waals surface area contributed by atoms with Gasteiger partial charge in [-0.05, 0) is 45.7 Å². The molecule has 0 aliphatic carbocycles. The number of likely N-dealkylation sites (tertiary alicyclic amines) is 1. The molecule has 182 valence electrons. The van der Waals surface area contributed by atoms with E-state index in [0.717, 1.165) is 5.69 Å². The molecule has 0 aromatic carbocycles. The molecule has 5 heterocycles. The number of fused-ring (bicyclic) bond motifs is 1. The van der Waals surface area contributed by atoms with Gasteiger partial charge < -0.3 is 19.1 Å². The fourth-order valence-corrected chi connectivity index (χ4v) is 4.34. The zero-order chi connectivity index (χ0) is 24.7. The van der Waals surface area contributed by atoms with Crippen LogP contribution in [0.25, 0.3) is 28.5 Å². The van der Waals surface area contributed by atoms with Crippen molar-refractivity contribution >= 4 is 23.3 Å². The molecule has 35 heavy (non-hydrogen) atoms. The number of pyridine rings is 1. The number of rotatable bonds is 3. The summed E-state index contributed by atoms with van der Waals surface area (Å²) in [4.78, 5) is 37.9. The van der Waals surface area contributed by atoms with Crippen LogP contribution in [0, 0.1) is 0 Å². The number of hydrogen-bond acceptors (Lipinski definition) is 8. The third kappa shape index (κ3) is 4.63. The van der Waals surface area contributed by atoms with Crippen LogP contribution in [0.2, 0.25) is 5.15 Å². The van der Waals surface area contributed by atoms with Gasteiger partial charge in [0.2, 0.25) is 5.82 Å². The number of nitrogens with zero attached hydrogens (tertiary/aromatic N) is 6. The van der Waals surface area contributed by atoms with Crippen molar-refractivity contribution in [2.24, 2.45) is 0 Å². The first kappa shape index (κ1) is 23.0. The summed E-state index contributed by atoms with van der Waals surface area (Å²) in [6.07, 6.45) is 4.18. The molecular formula is C23H24ClN7O4. The van der Waals surface area contributed by atoms with E-state index in [1.807, 2.05) is 20.8 Å². The molecule has 4 aromatic rings. The first-order chi connectivity index (χ1) is 16.7. The average Bonchev–Trinajstić information content (AvgIpc) is 3.45. The van der Waals surface area contributed by atoms with Crippen molar-refractivity contribution in [3.05, 3.63) is 51.8 Å². The Balaban J connectivity index is 1.41. The molecule has 0 unspecified atom stereocenters. The third-order valence-corrected chi connectivity index (χ3v) is 6.06. The van der Waals surface area contributed by atoms with Gasteiger partial charge in [0.15, 0.2) is 0 Å². The van der Waals surface area contributed by atoms with E-state index in [1.54, 1.807) is 40.0 Å². The normalized spacial score (nSPS) is 15.0. The number of nitrogens with one attached hydrogen (secondary N) is 1. The maximum absolute atomic E-state index is 12.6. The highest BCUT2D eigenvalue weighted by atomic mass is 35.5. The largest absolute Gasteiger partial charge is 0.444 e. The fraction of sp³-hybridized carbons (Fsp3) is 0.391. The van der Waals surface area contributed by atoms with Gasteiger partial charge in [0, 0.05) is 31.3 Å². The summed E-state index contributed by atoms with van der Waals surface area (Å²) in [5, 5.41) is 8.75. The van der Waals surface area contributed by atoms with E-state index in [-0.39, 0.29) is 34.4 Å². The van der Waals surface area contributed by atoms with Crippen molar-refractivity contribution in [1.82, 2.24) is 34.6 Å². The Kier molecular flexibility index (Phi) is 5.79. The summed E-state index contributed by atoms with van der Waals surface area (Å²) in [6.45, 7) is 6.59. The Bertz CT molecular complexity index is 1440. The summed E-state index contributed by atoms with van der Waals surface area (Å²) in [6, 6.07) is 5.01. The number of ether oxygens (including phenoxy) is 1. The van der Waals surface area contributed by atoms with Gasteiger partial charge in [0.05, 0.1) is 17.5 Å². The monoisotopic (exact) mass is 497 g/mol. The Morgan fingerprint density at radius 3 is 2.74 bits per heavy atom. The van der Waals surface area contributed by atoms with Gasteiger partial charge in [-0.1, -0.05) is 16.8 Å². The summed E-state index contributed by atoms with van der Waals surface area (Å²) < 4.78 is 12.6. The van der Waals surface area contributed by atoms with Crippen LogP contribution >= 0.6 is 11.6 Å². The van der Waals surface area contributed by atoms with Crippen LogP contribution in [-0.2, 0) is 4.74 Å². The van der Waals surface area contributed by atoms with E-state index in [4.69, 9.17) is 20.9 Å². The molecule has 0 saturated carbocycles. The second-order valence-electron chi connectivity index (χ2n) is 9.38. The Hall–Kier alpha value is -3.73. The molecule has 5 rings (SSSR count). The number of H-pyrrole nitrogens is 1. The zero-order valence-corrected chi connectivity index (χ0v) is 20.2. The van der Waals surface area contributed by atoms with E-state index >= 15 is 0 Å². The van der Waals surface area contributed by atoms with Gasteiger partial charge in [-0.3, -0.25) is 4.79 Å².